The molecule has 0 aromatic carbocycles. The van der Waals surface area contributed by atoms with Gasteiger partial charge in [-0.05, 0) is 37.1 Å². The predicted octanol–water partition coefficient (Wildman–Crippen LogP) is 1.91. The first kappa shape index (κ1) is 19.7. The van der Waals surface area contributed by atoms with Crippen molar-refractivity contribution in [3.63, 3.8) is 0 Å². The van der Waals surface area contributed by atoms with Gasteiger partial charge in [0.15, 0.2) is 5.96 Å². The van der Waals surface area contributed by atoms with Gasteiger partial charge < -0.3 is 15.5 Å². The third kappa shape index (κ3) is 3.95. The van der Waals surface area contributed by atoms with Crippen LogP contribution in [0.5, 0.6) is 0 Å². The second-order valence-electron chi connectivity index (χ2n) is 8.13. The van der Waals surface area contributed by atoms with Crippen LogP contribution in [-0.4, -0.2) is 55.0 Å². The van der Waals surface area contributed by atoms with E-state index in [0.29, 0.717) is 0 Å². The molecule has 8 heteroatoms. The molecule has 3 amide bonds. The maximum atomic E-state index is 12.2. The molecule has 1 atom stereocenters. The number of hydrogen-bond donors (Lipinski definition) is 3. The minimum atomic E-state index is -0.804. The highest BCUT2D eigenvalue weighted by atomic mass is 32.1. The summed E-state index contributed by atoms with van der Waals surface area (Å²) in [5.74, 6) is 0.801. The van der Waals surface area contributed by atoms with E-state index in [0.717, 1.165) is 38.4 Å². The number of carbonyl (C=O) groups is 2. The number of guanidine groups is 1. The van der Waals surface area contributed by atoms with Crippen LogP contribution in [0.1, 0.15) is 38.5 Å². The summed E-state index contributed by atoms with van der Waals surface area (Å²) < 4.78 is 0. The fourth-order valence-electron chi connectivity index (χ4n) is 3.90. The molecule has 1 aromatic heterocycles. The molecule has 2 aliphatic heterocycles. The van der Waals surface area contributed by atoms with Crippen molar-refractivity contribution < 1.29 is 9.59 Å². The van der Waals surface area contributed by atoms with Gasteiger partial charge in [-0.25, -0.2) is 4.79 Å². The van der Waals surface area contributed by atoms with Crippen LogP contribution in [0.15, 0.2) is 22.5 Å². The summed E-state index contributed by atoms with van der Waals surface area (Å²) in [6.07, 6.45) is 1.67. The van der Waals surface area contributed by atoms with Gasteiger partial charge in [-0.2, -0.15) is 0 Å². The quantitative estimate of drug-likeness (QED) is 0.416. The number of thiophene rings is 1. The molecule has 0 saturated carbocycles. The van der Waals surface area contributed by atoms with E-state index in [1.54, 1.807) is 18.4 Å². The first-order chi connectivity index (χ1) is 12.8. The van der Waals surface area contributed by atoms with Crippen LogP contribution in [0, 0.1) is 5.92 Å². The molecule has 2 aliphatic rings. The molecule has 1 unspecified atom stereocenters. The molecule has 2 fully saturated rings. The number of carbonyl (C=O) groups excluding carboxylic acids is 2. The van der Waals surface area contributed by atoms with Crippen LogP contribution < -0.4 is 16.0 Å². The van der Waals surface area contributed by atoms with Crippen molar-refractivity contribution in [2.24, 2.45) is 10.9 Å². The molecule has 0 bridgehead atoms. The van der Waals surface area contributed by atoms with Crippen molar-refractivity contribution in [3.05, 3.63) is 22.4 Å². The van der Waals surface area contributed by atoms with Gasteiger partial charge in [0.05, 0.1) is 0 Å². The molecule has 3 rings (SSSR count). The monoisotopic (exact) mass is 391 g/mol. The molecule has 1 aromatic rings. The zero-order chi connectivity index (χ0) is 19.7. The lowest BCUT2D eigenvalue weighted by molar-refractivity contribution is -0.125. The fraction of sp³-hybridized carbons (Fsp3) is 0.632. The van der Waals surface area contributed by atoms with Gasteiger partial charge in [0, 0.05) is 37.0 Å². The Balaban J connectivity index is 1.56. The number of urea groups is 1. The van der Waals surface area contributed by atoms with Crippen LogP contribution in [0.2, 0.25) is 0 Å². The Morgan fingerprint density at radius 2 is 2.11 bits per heavy atom. The van der Waals surface area contributed by atoms with Crippen molar-refractivity contribution in [1.29, 1.82) is 0 Å². The van der Waals surface area contributed by atoms with Crippen LogP contribution in [0.3, 0.4) is 0 Å². The van der Waals surface area contributed by atoms with Crippen molar-refractivity contribution in [2.45, 2.75) is 44.6 Å². The zero-order valence-electron chi connectivity index (χ0n) is 16.5. The number of hydrogen-bond acceptors (Lipinski definition) is 4. The van der Waals surface area contributed by atoms with Crippen molar-refractivity contribution >= 4 is 29.2 Å². The van der Waals surface area contributed by atoms with E-state index < -0.39 is 11.6 Å². The maximum Gasteiger partial charge on any atom is 0.322 e. The highest BCUT2D eigenvalue weighted by molar-refractivity contribution is 7.10. The van der Waals surface area contributed by atoms with Crippen LogP contribution >= 0.6 is 11.3 Å². The summed E-state index contributed by atoms with van der Waals surface area (Å²) in [5.41, 5.74) is -0.774. The summed E-state index contributed by atoms with van der Waals surface area (Å²) in [6, 6.07) is 3.86. The number of nitrogens with zero attached hydrogens (tertiary/aromatic N) is 2. The molecule has 3 heterocycles. The molecule has 0 aliphatic carbocycles. The molecule has 27 heavy (non-hydrogen) atoms. The summed E-state index contributed by atoms with van der Waals surface area (Å²) in [7, 11) is 1.80. The third-order valence-corrected chi connectivity index (χ3v) is 7.01. The molecule has 148 valence electrons. The first-order valence-electron chi connectivity index (χ1n) is 9.39. The number of nitrogens with one attached hydrogen (secondary N) is 3. The molecule has 3 N–H and O–H groups in total. The number of imide groups is 1. The second kappa shape index (κ2) is 7.50. The van der Waals surface area contributed by atoms with Gasteiger partial charge in [-0.15, -0.1) is 11.3 Å². The summed E-state index contributed by atoms with van der Waals surface area (Å²) >= 11 is 1.77. The van der Waals surface area contributed by atoms with E-state index in [-0.39, 0.29) is 17.2 Å². The zero-order valence-corrected chi connectivity index (χ0v) is 17.3. The highest BCUT2D eigenvalue weighted by Gasteiger charge is 2.48. The Labute approximate surface area is 164 Å². The number of likely N-dealkylation sites (tertiary alicyclic amines) is 1. The summed E-state index contributed by atoms with van der Waals surface area (Å²) in [5, 5.41) is 10.8. The molecular weight excluding hydrogens is 362 g/mol. The van der Waals surface area contributed by atoms with Crippen molar-refractivity contribution in [3.8, 4) is 0 Å². The van der Waals surface area contributed by atoms with Gasteiger partial charge in [0.25, 0.3) is 5.91 Å². The van der Waals surface area contributed by atoms with Crippen molar-refractivity contribution in [2.75, 3.05) is 26.7 Å². The summed E-state index contributed by atoms with van der Waals surface area (Å²) in [6.45, 7) is 8.70. The Hall–Kier alpha value is -2.09. The standard InChI is InChI=1S/C19H29N5O2S/c1-18(2,14-6-5-11-27-14)12-21-16(20-4)24-9-7-13(8-10-24)19(3)15(25)22-17(26)23-19/h5-6,11,13H,7-10,12H2,1-4H3,(H,20,21)(H2,22,23,25,26). The van der Waals surface area contributed by atoms with Crippen molar-refractivity contribution in [1.82, 2.24) is 20.9 Å². The molecule has 0 spiro atoms. The lowest BCUT2D eigenvalue weighted by Crippen LogP contribution is -2.56. The first-order valence-corrected chi connectivity index (χ1v) is 10.3. The second-order valence-corrected chi connectivity index (χ2v) is 9.08. The molecular formula is C19H29N5O2S. The molecule has 2 saturated heterocycles. The number of rotatable bonds is 4. The predicted molar refractivity (Wildman–Crippen MR) is 108 cm³/mol. The number of amides is 3. The molecule has 0 radical (unpaired) electrons. The lowest BCUT2D eigenvalue weighted by atomic mass is 9.79. The van der Waals surface area contributed by atoms with Crippen LogP contribution in [-0.2, 0) is 10.2 Å². The Bertz CT molecular complexity index is 722. The van der Waals surface area contributed by atoms with Gasteiger partial charge in [-0.3, -0.25) is 15.1 Å². The minimum Gasteiger partial charge on any atom is -0.355 e. The smallest absolute Gasteiger partial charge is 0.322 e. The minimum absolute atomic E-state index is 0.0299. The largest absolute Gasteiger partial charge is 0.355 e. The Kier molecular flexibility index (Phi) is 5.46. The average Bonchev–Trinajstić information content (AvgIpc) is 3.25. The van der Waals surface area contributed by atoms with Crippen LogP contribution in [0.25, 0.3) is 0 Å². The van der Waals surface area contributed by atoms with E-state index in [9.17, 15) is 9.59 Å². The Morgan fingerprint density at radius 1 is 1.41 bits per heavy atom. The van der Waals surface area contributed by atoms with E-state index >= 15 is 0 Å². The third-order valence-electron chi connectivity index (χ3n) is 5.77. The normalized spacial score (nSPS) is 24.7. The van der Waals surface area contributed by atoms with Gasteiger partial charge in [-0.1, -0.05) is 19.9 Å². The van der Waals surface area contributed by atoms with Gasteiger partial charge in [0.1, 0.15) is 5.54 Å². The highest BCUT2D eigenvalue weighted by Crippen LogP contribution is 2.31. The molecule has 7 nitrogen and oxygen atoms in total. The van der Waals surface area contributed by atoms with E-state index in [1.807, 2.05) is 6.92 Å². The topological polar surface area (TPSA) is 85.8 Å². The Morgan fingerprint density at radius 3 is 2.63 bits per heavy atom. The van der Waals surface area contributed by atoms with Crippen LogP contribution in [0.4, 0.5) is 4.79 Å². The fourth-order valence-corrected chi connectivity index (χ4v) is 4.75. The van der Waals surface area contributed by atoms with Gasteiger partial charge >= 0.3 is 6.03 Å². The SMILES string of the molecule is CN=C(NCC(C)(C)c1cccs1)N1CCC(C2(C)NC(=O)NC2=O)CC1. The van der Waals surface area contributed by atoms with E-state index in [1.165, 1.54) is 4.88 Å². The average molecular weight is 392 g/mol. The van der Waals surface area contributed by atoms with E-state index in [4.69, 9.17) is 0 Å². The lowest BCUT2D eigenvalue weighted by Gasteiger charge is -2.40. The van der Waals surface area contributed by atoms with Gasteiger partial charge in [0.2, 0.25) is 0 Å². The number of piperidine rings is 1. The summed E-state index contributed by atoms with van der Waals surface area (Å²) in [4.78, 5) is 31.7. The number of aliphatic imine (C=N–C) groups is 1. The van der Waals surface area contributed by atoms with E-state index in [2.05, 4.69) is 57.2 Å². The maximum absolute atomic E-state index is 12.2.